The molecule has 4 heteroatoms. The second-order valence-corrected chi connectivity index (χ2v) is 4.19. The number of hydrogen-bond acceptors (Lipinski definition) is 3. The second-order valence-electron chi connectivity index (χ2n) is 0.703. The van der Waals surface area contributed by atoms with E-state index in [1.807, 2.05) is 4.08 Å². The van der Waals surface area contributed by atoms with Gasteiger partial charge in [-0.05, 0) is 0 Å². The van der Waals surface area contributed by atoms with Crippen molar-refractivity contribution in [2.45, 2.75) is 0 Å². The van der Waals surface area contributed by atoms with E-state index < -0.39 is 20.1 Å². The van der Waals surface area contributed by atoms with Gasteiger partial charge in [0.1, 0.15) is 0 Å². The molecule has 0 aromatic rings. The van der Waals surface area contributed by atoms with Crippen molar-refractivity contribution in [1.29, 1.82) is 5.26 Å². The average molecular weight is 210 g/mol. The Bertz CT molecular complexity index is 132. The number of halogens is 1. The van der Waals surface area contributed by atoms with E-state index in [1.165, 1.54) is 6.08 Å². The standard InChI is InChI=1S/C3H3IN2O/c1-4(2-5)6-3-7/h1H3. The predicted molar refractivity (Wildman–Crippen MR) is 33.7 cm³/mol. The van der Waals surface area contributed by atoms with Gasteiger partial charge in [-0.25, -0.2) is 0 Å². The van der Waals surface area contributed by atoms with Crippen LogP contribution in [0.15, 0.2) is 3.21 Å². The van der Waals surface area contributed by atoms with Crippen LogP contribution < -0.4 is 0 Å². The summed E-state index contributed by atoms with van der Waals surface area (Å²) in [6.07, 6.45) is 1.34. The van der Waals surface area contributed by atoms with Crippen LogP contribution in [0, 0.1) is 9.34 Å². The van der Waals surface area contributed by atoms with Gasteiger partial charge >= 0.3 is 48.4 Å². The first-order valence-corrected chi connectivity index (χ1v) is 5.59. The summed E-state index contributed by atoms with van der Waals surface area (Å²) >= 11 is -1.82. The van der Waals surface area contributed by atoms with Crippen LogP contribution in [0.4, 0.5) is 0 Å². The van der Waals surface area contributed by atoms with Crippen molar-refractivity contribution in [2.75, 3.05) is 4.93 Å². The summed E-state index contributed by atoms with van der Waals surface area (Å²) in [6.45, 7) is 0. The normalized spacial score (nSPS) is 8.29. The molecule has 0 aliphatic heterocycles. The van der Waals surface area contributed by atoms with Gasteiger partial charge in [-0.3, -0.25) is 0 Å². The van der Waals surface area contributed by atoms with E-state index in [2.05, 4.69) is 3.21 Å². The van der Waals surface area contributed by atoms with E-state index in [0.717, 1.165) is 0 Å². The van der Waals surface area contributed by atoms with Crippen LogP contribution in [0.25, 0.3) is 0 Å². The molecule has 0 unspecified atom stereocenters. The van der Waals surface area contributed by atoms with Crippen LogP contribution in [0.5, 0.6) is 0 Å². The molecule has 0 spiro atoms. The molecule has 0 bridgehead atoms. The first-order valence-electron chi connectivity index (χ1n) is 1.39. The molecular formula is C3H3IN2O. The molecule has 38 valence electrons. The Balaban J connectivity index is 3.64. The molecule has 0 fully saturated rings. The van der Waals surface area contributed by atoms with Crippen LogP contribution in [0.1, 0.15) is 0 Å². The van der Waals surface area contributed by atoms with E-state index >= 15 is 0 Å². The molecule has 0 aliphatic rings. The SMILES string of the molecule is CI(C#N)N=C=O. The number of nitriles is 1. The molecule has 0 aromatic carbocycles. The monoisotopic (exact) mass is 210 g/mol. The van der Waals surface area contributed by atoms with Crippen LogP contribution in [0.2, 0.25) is 0 Å². The van der Waals surface area contributed by atoms with Crippen molar-refractivity contribution in [3.8, 4) is 4.08 Å². The van der Waals surface area contributed by atoms with E-state index in [1.54, 1.807) is 4.93 Å². The fraction of sp³-hybridized carbons (Fsp3) is 0.333. The molecule has 0 amide bonds. The number of carbonyl (C=O) groups excluding carboxylic acids is 1. The molecular weight excluding hydrogens is 207 g/mol. The van der Waals surface area contributed by atoms with Crippen molar-refractivity contribution in [2.24, 2.45) is 3.21 Å². The Hall–Kier alpha value is -0.400. The molecule has 0 saturated heterocycles. The summed E-state index contributed by atoms with van der Waals surface area (Å²) < 4.78 is 5.13. The van der Waals surface area contributed by atoms with Crippen LogP contribution in [0.3, 0.4) is 0 Å². The van der Waals surface area contributed by atoms with E-state index in [-0.39, 0.29) is 0 Å². The topological polar surface area (TPSA) is 53.2 Å². The fourth-order valence-electron chi connectivity index (χ4n) is 0.0707. The zero-order chi connectivity index (χ0) is 5.70. The van der Waals surface area contributed by atoms with Crippen molar-refractivity contribution in [1.82, 2.24) is 0 Å². The van der Waals surface area contributed by atoms with Crippen LogP contribution in [-0.2, 0) is 4.79 Å². The maximum absolute atomic E-state index is 9.37. The molecule has 0 N–H and O–H groups in total. The zero-order valence-electron chi connectivity index (χ0n) is 3.68. The Kier molecular flexibility index (Phi) is 3.56. The molecule has 0 heterocycles. The fourth-order valence-corrected chi connectivity index (χ4v) is 0.474. The molecule has 0 radical (unpaired) electrons. The van der Waals surface area contributed by atoms with E-state index in [9.17, 15) is 4.79 Å². The van der Waals surface area contributed by atoms with Crippen LogP contribution in [-0.4, -0.2) is 11.0 Å². The Morgan fingerprint density at radius 1 is 1.86 bits per heavy atom. The summed E-state index contributed by atoms with van der Waals surface area (Å²) in [5.74, 6) is 0. The van der Waals surface area contributed by atoms with Crippen molar-refractivity contribution in [3.05, 3.63) is 0 Å². The van der Waals surface area contributed by atoms with Gasteiger partial charge in [-0.1, -0.05) is 0 Å². The third-order valence-corrected chi connectivity index (χ3v) is 1.90. The number of rotatable bonds is 1. The van der Waals surface area contributed by atoms with Gasteiger partial charge in [0.05, 0.1) is 0 Å². The maximum atomic E-state index is 9.37. The molecule has 0 saturated carbocycles. The summed E-state index contributed by atoms with van der Waals surface area (Å²) in [5, 5.41) is 8.01. The van der Waals surface area contributed by atoms with Crippen molar-refractivity contribution in [3.63, 3.8) is 0 Å². The quantitative estimate of drug-likeness (QED) is 0.279. The Labute approximate surface area is 48.8 Å². The van der Waals surface area contributed by atoms with Gasteiger partial charge in [-0.15, -0.1) is 0 Å². The van der Waals surface area contributed by atoms with E-state index in [4.69, 9.17) is 5.26 Å². The Morgan fingerprint density at radius 3 is 2.57 bits per heavy atom. The summed E-state index contributed by atoms with van der Waals surface area (Å²) in [4.78, 5) is 11.0. The van der Waals surface area contributed by atoms with Gasteiger partial charge in [0, 0.05) is 0 Å². The third kappa shape index (κ3) is 3.43. The molecule has 0 rings (SSSR count). The number of nitrogens with zero attached hydrogens (tertiary/aromatic N) is 2. The van der Waals surface area contributed by atoms with Crippen LogP contribution >= 0.6 is 20.1 Å². The minimum atomic E-state index is -1.82. The van der Waals surface area contributed by atoms with E-state index in [0.29, 0.717) is 0 Å². The minimum absolute atomic E-state index is 1.34. The van der Waals surface area contributed by atoms with Gasteiger partial charge in [0.15, 0.2) is 0 Å². The predicted octanol–water partition coefficient (Wildman–Crippen LogP) is 0.854. The first-order chi connectivity index (χ1) is 3.31. The molecule has 0 atom stereocenters. The first kappa shape index (κ1) is 6.60. The molecule has 0 aromatic heterocycles. The number of hydrogen-bond donors (Lipinski definition) is 0. The summed E-state index contributed by atoms with van der Waals surface area (Å²) in [5.41, 5.74) is 0. The molecule has 3 nitrogen and oxygen atoms in total. The van der Waals surface area contributed by atoms with Gasteiger partial charge in [0.2, 0.25) is 0 Å². The summed E-state index contributed by atoms with van der Waals surface area (Å²) in [6, 6.07) is 0. The van der Waals surface area contributed by atoms with Gasteiger partial charge in [0.25, 0.3) is 0 Å². The summed E-state index contributed by atoms with van der Waals surface area (Å²) in [7, 11) is 0. The Morgan fingerprint density at radius 2 is 2.43 bits per heavy atom. The molecule has 0 aliphatic carbocycles. The molecule has 7 heavy (non-hydrogen) atoms. The van der Waals surface area contributed by atoms with Gasteiger partial charge < -0.3 is 0 Å². The number of alkyl halides is 1. The number of isocyanates is 1. The third-order valence-electron chi connectivity index (χ3n) is 0.284. The average Bonchev–Trinajstić information content (AvgIpc) is 1.68. The van der Waals surface area contributed by atoms with Crippen molar-refractivity contribution >= 4 is 26.2 Å². The zero-order valence-corrected chi connectivity index (χ0v) is 5.84. The van der Waals surface area contributed by atoms with Gasteiger partial charge in [-0.2, -0.15) is 0 Å². The second kappa shape index (κ2) is 3.78. The van der Waals surface area contributed by atoms with Crippen molar-refractivity contribution < 1.29 is 4.79 Å².